The van der Waals surface area contributed by atoms with Gasteiger partial charge in [0.1, 0.15) is 0 Å². The third kappa shape index (κ3) is 3.22. The molecule has 2 heterocycles. The Morgan fingerprint density at radius 1 is 1.35 bits per heavy atom. The lowest BCUT2D eigenvalue weighted by atomic mass is 10.2. The third-order valence-electron chi connectivity index (χ3n) is 3.97. The summed E-state index contributed by atoms with van der Waals surface area (Å²) in [5, 5.41) is 13.5. The van der Waals surface area contributed by atoms with Gasteiger partial charge in [-0.05, 0) is 36.7 Å². The molecule has 2 rings (SSSR count). The fraction of sp³-hybridized carbons (Fsp3) is 0.714. The SMILES string of the molecule is CCn1nc(C)c(Br)c1CN1CCN(C(C)C#N)CC1. The fourth-order valence-corrected chi connectivity index (χ4v) is 3.03. The zero-order valence-electron chi connectivity index (χ0n) is 12.4. The summed E-state index contributed by atoms with van der Waals surface area (Å²) in [6.07, 6.45) is 0. The van der Waals surface area contributed by atoms with Crippen LogP contribution in [-0.2, 0) is 13.1 Å². The van der Waals surface area contributed by atoms with Crippen LogP contribution in [0.3, 0.4) is 0 Å². The predicted octanol–water partition coefficient (Wildman–Crippen LogP) is 2.00. The first-order chi connectivity index (χ1) is 9.56. The van der Waals surface area contributed by atoms with E-state index >= 15 is 0 Å². The lowest BCUT2D eigenvalue weighted by Crippen LogP contribution is -2.49. The van der Waals surface area contributed by atoms with Gasteiger partial charge in [-0.15, -0.1) is 0 Å². The summed E-state index contributed by atoms with van der Waals surface area (Å²) in [6, 6.07) is 2.34. The average molecular weight is 340 g/mol. The Bertz CT molecular complexity index is 496. The molecule has 0 N–H and O–H groups in total. The van der Waals surface area contributed by atoms with Crippen molar-refractivity contribution in [2.75, 3.05) is 26.2 Å². The molecular formula is C14H22BrN5. The molecular weight excluding hydrogens is 318 g/mol. The van der Waals surface area contributed by atoms with Crippen molar-refractivity contribution < 1.29 is 0 Å². The normalized spacial score (nSPS) is 18.9. The number of hydrogen-bond acceptors (Lipinski definition) is 4. The molecule has 0 spiro atoms. The molecule has 0 amide bonds. The van der Waals surface area contributed by atoms with E-state index in [4.69, 9.17) is 5.26 Å². The van der Waals surface area contributed by atoms with Crippen LogP contribution < -0.4 is 0 Å². The van der Waals surface area contributed by atoms with E-state index in [1.54, 1.807) is 0 Å². The maximum absolute atomic E-state index is 8.97. The molecule has 0 bridgehead atoms. The molecule has 0 aliphatic carbocycles. The molecule has 1 aromatic heterocycles. The van der Waals surface area contributed by atoms with Crippen molar-refractivity contribution in [3.63, 3.8) is 0 Å². The van der Waals surface area contributed by atoms with Crippen molar-refractivity contribution in [2.45, 2.75) is 39.9 Å². The van der Waals surface area contributed by atoms with E-state index in [1.807, 2.05) is 13.8 Å². The summed E-state index contributed by atoms with van der Waals surface area (Å²) in [5.41, 5.74) is 2.31. The van der Waals surface area contributed by atoms with E-state index in [1.165, 1.54) is 5.69 Å². The molecule has 1 atom stereocenters. The quantitative estimate of drug-likeness (QED) is 0.841. The van der Waals surface area contributed by atoms with E-state index in [0.29, 0.717) is 0 Å². The van der Waals surface area contributed by atoms with Crippen molar-refractivity contribution in [1.82, 2.24) is 19.6 Å². The van der Waals surface area contributed by atoms with Gasteiger partial charge in [-0.2, -0.15) is 10.4 Å². The summed E-state index contributed by atoms with van der Waals surface area (Å²) in [6.45, 7) is 11.9. The summed E-state index contributed by atoms with van der Waals surface area (Å²) in [5.74, 6) is 0. The number of piperazine rings is 1. The van der Waals surface area contributed by atoms with Crippen molar-refractivity contribution >= 4 is 15.9 Å². The van der Waals surface area contributed by atoms with E-state index in [0.717, 1.165) is 49.4 Å². The second-order valence-corrected chi connectivity index (χ2v) is 6.07. The van der Waals surface area contributed by atoms with Crippen LogP contribution in [0.5, 0.6) is 0 Å². The minimum atomic E-state index is 0.0206. The summed E-state index contributed by atoms with van der Waals surface area (Å²) >= 11 is 3.65. The van der Waals surface area contributed by atoms with Gasteiger partial charge in [0.05, 0.1) is 28.0 Å². The zero-order chi connectivity index (χ0) is 14.7. The predicted molar refractivity (Wildman–Crippen MR) is 82.3 cm³/mol. The second-order valence-electron chi connectivity index (χ2n) is 5.28. The highest BCUT2D eigenvalue weighted by atomic mass is 79.9. The first-order valence-electron chi connectivity index (χ1n) is 7.14. The highest BCUT2D eigenvalue weighted by molar-refractivity contribution is 9.10. The van der Waals surface area contributed by atoms with Crippen LogP contribution >= 0.6 is 15.9 Å². The number of nitriles is 1. The maximum atomic E-state index is 8.97. The molecule has 0 saturated carbocycles. The number of aromatic nitrogens is 2. The molecule has 1 aliphatic heterocycles. The summed E-state index contributed by atoms with van der Waals surface area (Å²) < 4.78 is 3.20. The number of halogens is 1. The van der Waals surface area contributed by atoms with Gasteiger partial charge in [0, 0.05) is 39.3 Å². The molecule has 1 saturated heterocycles. The van der Waals surface area contributed by atoms with Gasteiger partial charge >= 0.3 is 0 Å². The molecule has 110 valence electrons. The highest BCUT2D eigenvalue weighted by Gasteiger charge is 2.22. The van der Waals surface area contributed by atoms with Crippen LogP contribution in [0.1, 0.15) is 25.2 Å². The van der Waals surface area contributed by atoms with Gasteiger partial charge in [-0.1, -0.05) is 0 Å². The van der Waals surface area contributed by atoms with E-state index < -0.39 is 0 Å². The van der Waals surface area contributed by atoms with E-state index in [9.17, 15) is 0 Å². The molecule has 1 fully saturated rings. The Morgan fingerprint density at radius 2 is 2.00 bits per heavy atom. The van der Waals surface area contributed by atoms with Crippen molar-refractivity contribution in [2.24, 2.45) is 0 Å². The Balaban J connectivity index is 1.98. The minimum Gasteiger partial charge on any atom is -0.295 e. The van der Waals surface area contributed by atoms with Crippen molar-refractivity contribution in [3.05, 3.63) is 15.9 Å². The van der Waals surface area contributed by atoms with Gasteiger partial charge in [-0.3, -0.25) is 14.5 Å². The number of aryl methyl sites for hydroxylation is 2. The molecule has 1 unspecified atom stereocenters. The highest BCUT2D eigenvalue weighted by Crippen LogP contribution is 2.23. The Hall–Kier alpha value is -0.900. The van der Waals surface area contributed by atoms with E-state index in [2.05, 4.69) is 48.5 Å². The lowest BCUT2D eigenvalue weighted by molar-refractivity contribution is 0.112. The van der Waals surface area contributed by atoms with Crippen LogP contribution in [0.2, 0.25) is 0 Å². The van der Waals surface area contributed by atoms with Gasteiger partial charge in [0.25, 0.3) is 0 Å². The number of nitrogens with zero attached hydrogens (tertiary/aromatic N) is 5. The first kappa shape index (κ1) is 15.5. The second kappa shape index (κ2) is 6.70. The van der Waals surface area contributed by atoms with Crippen LogP contribution in [0.25, 0.3) is 0 Å². The third-order valence-corrected chi connectivity index (χ3v) is 5.00. The van der Waals surface area contributed by atoms with Crippen molar-refractivity contribution in [1.29, 1.82) is 5.26 Å². The van der Waals surface area contributed by atoms with Gasteiger partial charge in [-0.25, -0.2) is 0 Å². The molecule has 1 aliphatic rings. The molecule has 6 heteroatoms. The maximum Gasteiger partial charge on any atom is 0.0950 e. The van der Waals surface area contributed by atoms with Crippen LogP contribution in [-0.4, -0.2) is 51.8 Å². The molecule has 1 aromatic rings. The van der Waals surface area contributed by atoms with Crippen LogP contribution in [0, 0.1) is 18.3 Å². The number of hydrogen-bond donors (Lipinski definition) is 0. The van der Waals surface area contributed by atoms with Crippen LogP contribution in [0.15, 0.2) is 4.47 Å². The molecule has 0 radical (unpaired) electrons. The van der Waals surface area contributed by atoms with Gasteiger partial charge in [0.15, 0.2) is 0 Å². The molecule has 5 nitrogen and oxygen atoms in total. The monoisotopic (exact) mass is 339 g/mol. The topological polar surface area (TPSA) is 48.1 Å². The Labute approximate surface area is 129 Å². The lowest BCUT2D eigenvalue weighted by Gasteiger charge is -2.35. The average Bonchev–Trinajstić information content (AvgIpc) is 2.75. The Kier molecular flexibility index (Phi) is 5.19. The summed E-state index contributed by atoms with van der Waals surface area (Å²) in [7, 11) is 0. The smallest absolute Gasteiger partial charge is 0.0950 e. The molecule has 0 aromatic carbocycles. The fourth-order valence-electron chi connectivity index (χ4n) is 2.62. The van der Waals surface area contributed by atoms with Gasteiger partial charge in [0.2, 0.25) is 0 Å². The van der Waals surface area contributed by atoms with Crippen molar-refractivity contribution in [3.8, 4) is 6.07 Å². The number of rotatable bonds is 4. The Morgan fingerprint density at radius 3 is 2.55 bits per heavy atom. The largest absolute Gasteiger partial charge is 0.295 e. The zero-order valence-corrected chi connectivity index (χ0v) is 14.0. The van der Waals surface area contributed by atoms with Crippen LogP contribution in [0.4, 0.5) is 0 Å². The summed E-state index contributed by atoms with van der Waals surface area (Å²) in [4.78, 5) is 4.68. The van der Waals surface area contributed by atoms with E-state index in [-0.39, 0.29) is 6.04 Å². The first-order valence-corrected chi connectivity index (χ1v) is 7.94. The minimum absolute atomic E-state index is 0.0206. The standard InChI is InChI=1S/C14H22BrN5/c1-4-20-13(14(15)12(3)17-20)10-18-5-7-19(8-6-18)11(2)9-16/h11H,4-8,10H2,1-3H3. The van der Waals surface area contributed by atoms with Gasteiger partial charge < -0.3 is 0 Å². The molecule has 20 heavy (non-hydrogen) atoms.